The molecule has 0 heterocycles. The molecule has 0 aliphatic rings. The molecule has 6 nitrogen and oxygen atoms in total. The molecule has 1 atom stereocenters. The van der Waals surface area contributed by atoms with Crippen LogP contribution in [0.1, 0.15) is 323 Å². The van der Waals surface area contributed by atoms with Gasteiger partial charge in [0.15, 0.2) is 6.10 Å². The highest BCUT2D eigenvalue weighted by Crippen LogP contribution is 2.16. The van der Waals surface area contributed by atoms with Gasteiger partial charge in [-0.25, -0.2) is 0 Å². The first-order chi connectivity index (χ1) is 37.5. The summed E-state index contributed by atoms with van der Waals surface area (Å²) in [5.74, 6) is -0.884. The van der Waals surface area contributed by atoms with Crippen LogP contribution in [0.5, 0.6) is 0 Å². The van der Waals surface area contributed by atoms with Crippen molar-refractivity contribution in [2.45, 2.75) is 329 Å². The van der Waals surface area contributed by atoms with Crippen molar-refractivity contribution in [1.29, 1.82) is 0 Å². The lowest BCUT2D eigenvalue weighted by Gasteiger charge is -2.18. The largest absolute Gasteiger partial charge is 0.462 e. The van der Waals surface area contributed by atoms with Gasteiger partial charge in [-0.2, -0.15) is 0 Å². The van der Waals surface area contributed by atoms with E-state index in [2.05, 4.69) is 106 Å². The van der Waals surface area contributed by atoms with Gasteiger partial charge in [-0.05, 0) is 116 Å². The summed E-state index contributed by atoms with van der Waals surface area (Å²) < 4.78 is 16.9. The van der Waals surface area contributed by atoms with Crippen LogP contribution in [0.3, 0.4) is 0 Å². The second-order valence-electron chi connectivity index (χ2n) is 21.6. The Hall–Kier alpha value is -3.41. The average Bonchev–Trinajstić information content (AvgIpc) is 3.42. The fraction of sp³-hybridized carbons (Fsp3) is 0.757. The summed E-state index contributed by atoms with van der Waals surface area (Å²) in [5.41, 5.74) is 0. The maximum Gasteiger partial charge on any atom is 0.306 e. The Labute approximate surface area is 471 Å². The summed E-state index contributed by atoms with van der Waals surface area (Å²) in [6.45, 7) is 6.51. The number of hydrogen-bond donors (Lipinski definition) is 0. The molecule has 0 radical (unpaired) electrons. The highest BCUT2D eigenvalue weighted by Gasteiger charge is 2.19. The molecular weight excluding hydrogens is 937 g/mol. The molecule has 0 bridgehead atoms. The topological polar surface area (TPSA) is 78.9 Å². The van der Waals surface area contributed by atoms with E-state index in [-0.39, 0.29) is 31.1 Å². The Bertz CT molecular complexity index is 1450. The molecule has 0 amide bonds. The molecule has 0 N–H and O–H groups in total. The molecule has 0 aromatic heterocycles. The van der Waals surface area contributed by atoms with Crippen LogP contribution >= 0.6 is 0 Å². The molecule has 76 heavy (non-hydrogen) atoms. The lowest BCUT2D eigenvalue weighted by atomic mass is 10.0. The fourth-order valence-electron chi connectivity index (χ4n) is 9.23. The van der Waals surface area contributed by atoms with Crippen LogP contribution in [-0.4, -0.2) is 37.2 Å². The number of ether oxygens (including phenoxy) is 3. The second kappa shape index (κ2) is 64.1. The summed E-state index contributed by atoms with van der Waals surface area (Å²) in [7, 11) is 0. The van der Waals surface area contributed by atoms with Gasteiger partial charge >= 0.3 is 17.9 Å². The zero-order chi connectivity index (χ0) is 55.0. The molecular formula is C70H122O6. The molecule has 0 aliphatic heterocycles. The smallest absolute Gasteiger partial charge is 0.306 e. The number of carbonyl (C=O) groups is 3. The van der Waals surface area contributed by atoms with Gasteiger partial charge in [0.25, 0.3) is 0 Å². The zero-order valence-electron chi connectivity index (χ0n) is 50.3. The number of esters is 3. The first-order valence-corrected chi connectivity index (χ1v) is 32.6. The number of allylic oxidation sites excluding steroid dienone is 14. The van der Waals surface area contributed by atoms with Crippen molar-refractivity contribution < 1.29 is 28.6 Å². The third-order valence-corrected chi connectivity index (χ3v) is 14.1. The molecule has 1 unspecified atom stereocenters. The van der Waals surface area contributed by atoms with Crippen molar-refractivity contribution in [2.24, 2.45) is 0 Å². The Morgan fingerprint density at radius 3 is 0.842 bits per heavy atom. The van der Waals surface area contributed by atoms with Crippen molar-refractivity contribution in [3.63, 3.8) is 0 Å². The van der Waals surface area contributed by atoms with Crippen molar-refractivity contribution in [3.05, 3.63) is 85.1 Å². The van der Waals surface area contributed by atoms with E-state index in [0.29, 0.717) is 19.3 Å². The first kappa shape index (κ1) is 72.6. The third-order valence-electron chi connectivity index (χ3n) is 14.1. The maximum atomic E-state index is 12.9. The Morgan fingerprint density at radius 1 is 0.276 bits per heavy atom. The van der Waals surface area contributed by atoms with E-state index in [9.17, 15) is 14.4 Å². The van der Waals surface area contributed by atoms with Crippen LogP contribution in [-0.2, 0) is 28.6 Å². The van der Waals surface area contributed by atoms with E-state index < -0.39 is 6.10 Å². The van der Waals surface area contributed by atoms with Gasteiger partial charge in [0, 0.05) is 19.3 Å². The van der Waals surface area contributed by atoms with Crippen LogP contribution in [0, 0.1) is 0 Å². The fourth-order valence-corrected chi connectivity index (χ4v) is 9.23. The van der Waals surface area contributed by atoms with Gasteiger partial charge in [0.1, 0.15) is 13.2 Å². The lowest BCUT2D eigenvalue weighted by Crippen LogP contribution is -2.30. The minimum atomic E-state index is -0.785. The minimum Gasteiger partial charge on any atom is -0.462 e. The molecule has 0 saturated carbocycles. The van der Waals surface area contributed by atoms with Gasteiger partial charge in [0.05, 0.1) is 0 Å². The monoisotopic (exact) mass is 1060 g/mol. The second-order valence-corrected chi connectivity index (χ2v) is 21.6. The predicted molar refractivity (Wildman–Crippen MR) is 330 cm³/mol. The molecule has 0 fully saturated rings. The van der Waals surface area contributed by atoms with E-state index in [1.165, 1.54) is 180 Å². The summed E-state index contributed by atoms with van der Waals surface area (Å²) in [6, 6.07) is 0. The van der Waals surface area contributed by atoms with Gasteiger partial charge in [-0.1, -0.05) is 273 Å². The van der Waals surface area contributed by atoms with Gasteiger partial charge in [0.2, 0.25) is 0 Å². The van der Waals surface area contributed by atoms with Gasteiger partial charge < -0.3 is 14.2 Å². The van der Waals surface area contributed by atoms with E-state index in [4.69, 9.17) is 14.2 Å². The summed E-state index contributed by atoms with van der Waals surface area (Å²) in [5, 5.41) is 0. The molecule has 0 spiro atoms. The summed E-state index contributed by atoms with van der Waals surface area (Å²) in [4.78, 5) is 38.3. The molecule has 0 aliphatic carbocycles. The van der Waals surface area contributed by atoms with Crippen molar-refractivity contribution in [1.82, 2.24) is 0 Å². The number of hydrogen-bond acceptors (Lipinski definition) is 6. The standard InChI is InChI=1S/C70H122O6/c1-4-7-10-13-16-19-22-25-28-30-31-32-33-34-35-36-37-38-39-41-42-45-48-51-54-57-60-63-69(72)75-66-67(65-74-68(71)62-59-56-53-50-47-44-27-24-21-18-15-12-9-6-3)76-70(73)64-61-58-55-52-49-46-43-40-29-26-23-20-17-14-11-8-5-2/h7,10,16-17,19-20,24-29,31-32,67H,4-6,8-9,11-15,18,21-23,30,33-66H2,1-3H3/b10-7-,19-16-,20-17-,27-24-,28-25-,29-26-,32-31-. The van der Waals surface area contributed by atoms with Crippen LogP contribution in [0.4, 0.5) is 0 Å². The summed E-state index contributed by atoms with van der Waals surface area (Å²) in [6.07, 6.45) is 84.5. The summed E-state index contributed by atoms with van der Waals surface area (Å²) >= 11 is 0. The minimum absolute atomic E-state index is 0.0806. The van der Waals surface area contributed by atoms with Gasteiger partial charge in [-0.3, -0.25) is 14.4 Å². The van der Waals surface area contributed by atoms with Crippen molar-refractivity contribution in [3.8, 4) is 0 Å². The van der Waals surface area contributed by atoms with Crippen molar-refractivity contribution in [2.75, 3.05) is 13.2 Å². The molecule has 0 rings (SSSR count). The number of unbranched alkanes of at least 4 members (excludes halogenated alkanes) is 34. The first-order valence-electron chi connectivity index (χ1n) is 32.6. The Kier molecular flexibility index (Phi) is 61.2. The molecule has 0 aromatic rings. The quantitative estimate of drug-likeness (QED) is 0.0261. The van der Waals surface area contributed by atoms with Gasteiger partial charge in [-0.15, -0.1) is 0 Å². The normalized spacial score (nSPS) is 12.6. The molecule has 0 saturated heterocycles. The molecule has 438 valence electrons. The highest BCUT2D eigenvalue weighted by molar-refractivity contribution is 5.71. The van der Waals surface area contributed by atoms with E-state index in [0.717, 1.165) is 103 Å². The average molecular weight is 1060 g/mol. The maximum absolute atomic E-state index is 12.9. The van der Waals surface area contributed by atoms with Crippen LogP contribution < -0.4 is 0 Å². The van der Waals surface area contributed by atoms with E-state index in [1.54, 1.807) is 0 Å². The van der Waals surface area contributed by atoms with Crippen molar-refractivity contribution >= 4 is 17.9 Å². The molecule has 6 heteroatoms. The Balaban J connectivity index is 4.28. The van der Waals surface area contributed by atoms with E-state index in [1.807, 2.05) is 0 Å². The third kappa shape index (κ3) is 61.4. The van der Waals surface area contributed by atoms with Crippen LogP contribution in [0.25, 0.3) is 0 Å². The Morgan fingerprint density at radius 2 is 0.513 bits per heavy atom. The highest BCUT2D eigenvalue weighted by atomic mass is 16.6. The predicted octanol–water partition coefficient (Wildman–Crippen LogP) is 22.3. The van der Waals surface area contributed by atoms with Crippen LogP contribution in [0.15, 0.2) is 85.1 Å². The van der Waals surface area contributed by atoms with E-state index >= 15 is 0 Å². The lowest BCUT2D eigenvalue weighted by molar-refractivity contribution is -0.167. The SMILES string of the molecule is CC/C=C\C/C=C\C/C=C\C/C=C\CCCCCCCCCCCCCCCCC(=O)OCC(COC(=O)CCCCCCC/C=C\CCCCCCC)OC(=O)CCCCCCCCC/C=C\C/C=C\CCCCC. The molecule has 0 aromatic carbocycles. The van der Waals surface area contributed by atoms with Crippen LogP contribution in [0.2, 0.25) is 0 Å². The zero-order valence-corrected chi connectivity index (χ0v) is 50.3. The number of rotatable bonds is 59. The number of carbonyl (C=O) groups excluding carboxylic acids is 3.